The Morgan fingerprint density at radius 2 is 2.19 bits per heavy atom. The molecule has 3 heteroatoms. The SMILES string of the molecule is Oc1cncc(-c2cccc3c2OCC3)c1. The molecule has 0 saturated heterocycles. The number of ether oxygens (including phenoxy) is 1. The van der Waals surface area contributed by atoms with E-state index in [0.29, 0.717) is 0 Å². The summed E-state index contributed by atoms with van der Waals surface area (Å²) in [7, 11) is 0. The van der Waals surface area contributed by atoms with Crippen LogP contribution in [-0.4, -0.2) is 16.7 Å². The highest BCUT2D eigenvalue weighted by molar-refractivity contribution is 5.73. The van der Waals surface area contributed by atoms with Crippen molar-refractivity contribution in [1.29, 1.82) is 0 Å². The van der Waals surface area contributed by atoms with E-state index in [0.717, 1.165) is 29.9 Å². The van der Waals surface area contributed by atoms with Crippen molar-refractivity contribution in [3.8, 4) is 22.6 Å². The molecule has 0 fully saturated rings. The van der Waals surface area contributed by atoms with E-state index in [1.165, 1.54) is 11.8 Å². The van der Waals surface area contributed by atoms with Crippen molar-refractivity contribution in [2.24, 2.45) is 0 Å². The number of pyridine rings is 1. The summed E-state index contributed by atoms with van der Waals surface area (Å²) in [6.07, 6.45) is 4.11. The zero-order valence-electron chi connectivity index (χ0n) is 8.68. The van der Waals surface area contributed by atoms with Crippen LogP contribution in [-0.2, 0) is 6.42 Å². The second-order valence-corrected chi connectivity index (χ2v) is 3.82. The lowest BCUT2D eigenvalue weighted by atomic mass is 10.0. The quantitative estimate of drug-likeness (QED) is 0.790. The molecule has 1 aliphatic heterocycles. The lowest BCUT2D eigenvalue weighted by Crippen LogP contribution is -1.89. The van der Waals surface area contributed by atoms with Gasteiger partial charge in [-0.15, -0.1) is 0 Å². The molecule has 1 N–H and O–H groups in total. The van der Waals surface area contributed by atoms with E-state index >= 15 is 0 Å². The Morgan fingerprint density at radius 1 is 1.25 bits per heavy atom. The van der Waals surface area contributed by atoms with E-state index in [1.54, 1.807) is 12.3 Å². The average Bonchev–Trinajstić information content (AvgIpc) is 2.76. The predicted octanol–water partition coefficient (Wildman–Crippen LogP) is 2.39. The largest absolute Gasteiger partial charge is 0.506 e. The van der Waals surface area contributed by atoms with Crippen molar-refractivity contribution in [2.45, 2.75) is 6.42 Å². The van der Waals surface area contributed by atoms with Gasteiger partial charge in [0, 0.05) is 23.7 Å². The molecule has 0 unspecified atom stereocenters. The van der Waals surface area contributed by atoms with Crippen LogP contribution in [0.3, 0.4) is 0 Å². The van der Waals surface area contributed by atoms with Gasteiger partial charge in [-0.3, -0.25) is 4.98 Å². The van der Waals surface area contributed by atoms with Crippen LogP contribution in [0, 0.1) is 0 Å². The van der Waals surface area contributed by atoms with Crippen LogP contribution >= 0.6 is 0 Å². The third-order valence-corrected chi connectivity index (χ3v) is 2.75. The standard InChI is InChI=1S/C13H11NO2/c15-11-6-10(7-14-8-11)12-3-1-2-9-4-5-16-13(9)12/h1-3,6-8,15H,4-5H2. The van der Waals surface area contributed by atoms with Crippen LogP contribution in [0.5, 0.6) is 11.5 Å². The van der Waals surface area contributed by atoms with Crippen molar-refractivity contribution in [1.82, 2.24) is 4.98 Å². The van der Waals surface area contributed by atoms with Gasteiger partial charge in [0.25, 0.3) is 0 Å². The minimum absolute atomic E-state index is 0.174. The van der Waals surface area contributed by atoms with E-state index in [1.807, 2.05) is 12.1 Å². The van der Waals surface area contributed by atoms with E-state index in [2.05, 4.69) is 11.1 Å². The van der Waals surface area contributed by atoms with Gasteiger partial charge in [0.15, 0.2) is 0 Å². The summed E-state index contributed by atoms with van der Waals surface area (Å²) in [4.78, 5) is 3.98. The molecule has 0 saturated carbocycles. The zero-order chi connectivity index (χ0) is 11.0. The van der Waals surface area contributed by atoms with Crippen molar-refractivity contribution < 1.29 is 9.84 Å². The molecule has 0 aliphatic carbocycles. The molecule has 3 rings (SSSR count). The number of para-hydroxylation sites is 1. The number of benzene rings is 1. The van der Waals surface area contributed by atoms with Gasteiger partial charge in [0.2, 0.25) is 0 Å². The molecule has 2 heterocycles. The lowest BCUT2D eigenvalue weighted by Gasteiger charge is -2.07. The number of hydrogen-bond donors (Lipinski definition) is 1. The van der Waals surface area contributed by atoms with Crippen molar-refractivity contribution in [3.05, 3.63) is 42.2 Å². The highest BCUT2D eigenvalue weighted by Crippen LogP contribution is 2.37. The monoisotopic (exact) mass is 213 g/mol. The smallest absolute Gasteiger partial charge is 0.134 e. The normalized spacial score (nSPS) is 13.2. The average molecular weight is 213 g/mol. The molecule has 0 radical (unpaired) electrons. The Balaban J connectivity index is 2.17. The van der Waals surface area contributed by atoms with E-state index < -0.39 is 0 Å². The van der Waals surface area contributed by atoms with Gasteiger partial charge in [-0.2, -0.15) is 0 Å². The minimum Gasteiger partial charge on any atom is -0.506 e. The molecule has 1 aromatic carbocycles. The minimum atomic E-state index is 0.174. The molecule has 16 heavy (non-hydrogen) atoms. The maximum atomic E-state index is 9.42. The van der Waals surface area contributed by atoms with E-state index in [-0.39, 0.29) is 5.75 Å². The molecule has 0 amide bonds. The fraction of sp³-hybridized carbons (Fsp3) is 0.154. The van der Waals surface area contributed by atoms with Gasteiger partial charge in [-0.1, -0.05) is 18.2 Å². The van der Waals surface area contributed by atoms with Crippen molar-refractivity contribution in [3.63, 3.8) is 0 Å². The zero-order valence-corrected chi connectivity index (χ0v) is 8.68. The Kier molecular flexibility index (Phi) is 2.03. The summed E-state index contributed by atoms with van der Waals surface area (Å²) in [6.45, 7) is 0.735. The summed E-state index contributed by atoms with van der Waals surface area (Å²) in [5.74, 6) is 1.10. The fourth-order valence-corrected chi connectivity index (χ4v) is 2.02. The highest BCUT2D eigenvalue weighted by Gasteiger charge is 2.16. The molecule has 0 spiro atoms. The molecule has 80 valence electrons. The van der Waals surface area contributed by atoms with Crippen LogP contribution in [0.25, 0.3) is 11.1 Å². The molecule has 2 aromatic rings. The molecule has 3 nitrogen and oxygen atoms in total. The first-order chi connectivity index (χ1) is 7.84. The summed E-state index contributed by atoms with van der Waals surface area (Å²) >= 11 is 0. The van der Waals surface area contributed by atoms with Crippen molar-refractivity contribution in [2.75, 3.05) is 6.61 Å². The van der Waals surface area contributed by atoms with Gasteiger partial charge in [-0.05, 0) is 11.6 Å². The van der Waals surface area contributed by atoms with Crippen LogP contribution < -0.4 is 4.74 Å². The number of nitrogens with zero attached hydrogens (tertiary/aromatic N) is 1. The summed E-state index contributed by atoms with van der Waals surface area (Å²) in [5.41, 5.74) is 3.11. The van der Waals surface area contributed by atoms with E-state index in [9.17, 15) is 5.11 Å². The molecular formula is C13H11NO2. The Hall–Kier alpha value is -2.03. The summed E-state index contributed by atoms with van der Waals surface area (Å²) in [6, 6.07) is 7.76. The van der Waals surface area contributed by atoms with E-state index in [4.69, 9.17) is 4.74 Å². The number of rotatable bonds is 1. The molecule has 1 aromatic heterocycles. The van der Waals surface area contributed by atoms with Crippen LogP contribution in [0.2, 0.25) is 0 Å². The maximum absolute atomic E-state index is 9.42. The Bertz CT molecular complexity index is 537. The fourth-order valence-electron chi connectivity index (χ4n) is 2.02. The van der Waals surface area contributed by atoms with Crippen LogP contribution in [0.4, 0.5) is 0 Å². The second kappa shape index (κ2) is 3.52. The third-order valence-electron chi connectivity index (χ3n) is 2.75. The predicted molar refractivity (Wildman–Crippen MR) is 60.5 cm³/mol. The van der Waals surface area contributed by atoms with Crippen LogP contribution in [0.15, 0.2) is 36.7 Å². The number of hydrogen-bond acceptors (Lipinski definition) is 3. The van der Waals surface area contributed by atoms with Gasteiger partial charge < -0.3 is 9.84 Å². The first-order valence-electron chi connectivity index (χ1n) is 5.24. The Labute approximate surface area is 93.3 Å². The topological polar surface area (TPSA) is 42.4 Å². The Morgan fingerprint density at radius 3 is 3.06 bits per heavy atom. The third kappa shape index (κ3) is 1.41. The second-order valence-electron chi connectivity index (χ2n) is 3.82. The maximum Gasteiger partial charge on any atom is 0.134 e. The van der Waals surface area contributed by atoms with Gasteiger partial charge in [0.1, 0.15) is 11.5 Å². The van der Waals surface area contributed by atoms with Crippen molar-refractivity contribution >= 4 is 0 Å². The first-order valence-corrected chi connectivity index (χ1v) is 5.24. The number of aromatic nitrogens is 1. The molecular weight excluding hydrogens is 202 g/mol. The summed E-state index contributed by atoms with van der Waals surface area (Å²) < 4.78 is 5.61. The molecule has 1 aliphatic rings. The molecule has 0 atom stereocenters. The van der Waals surface area contributed by atoms with Gasteiger partial charge in [-0.25, -0.2) is 0 Å². The van der Waals surface area contributed by atoms with Gasteiger partial charge >= 0.3 is 0 Å². The summed E-state index contributed by atoms with van der Waals surface area (Å²) in [5, 5.41) is 9.42. The van der Waals surface area contributed by atoms with Gasteiger partial charge in [0.05, 0.1) is 12.8 Å². The highest BCUT2D eigenvalue weighted by atomic mass is 16.5. The van der Waals surface area contributed by atoms with Crippen LogP contribution in [0.1, 0.15) is 5.56 Å². The number of aromatic hydroxyl groups is 1. The number of fused-ring (bicyclic) bond motifs is 1. The first kappa shape index (κ1) is 9.21. The molecule has 0 bridgehead atoms. The lowest BCUT2D eigenvalue weighted by molar-refractivity contribution is 0.358.